The molecule has 0 atom stereocenters. The lowest BCUT2D eigenvalue weighted by Crippen LogP contribution is -2.24. The van der Waals surface area contributed by atoms with Crippen molar-refractivity contribution in [2.45, 2.75) is 0 Å². The molecular formula is C16H13Cl3N2O3. The van der Waals surface area contributed by atoms with Crippen molar-refractivity contribution >= 4 is 46.9 Å². The maximum Gasteiger partial charge on any atom is 0.277 e. The predicted molar refractivity (Wildman–Crippen MR) is 95.7 cm³/mol. The Kier molecular flexibility index (Phi) is 6.73. The molecule has 0 spiro atoms. The lowest BCUT2D eigenvalue weighted by molar-refractivity contribution is -0.123. The number of para-hydroxylation sites is 1. The Bertz CT molecular complexity index is 766. The van der Waals surface area contributed by atoms with Crippen LogP contribution >= 0.6 is 34.8 Å². The summed E-state index contributed by atoms with van der Waals surface area (Å²) in [6.07, 6.45) is 1.48. The molecule has 24 heavy (non-hydrogen) atoms. The zero-order valence-electron chi connectivity index (χ0n) is 12.6. The highest BCUT2D eigenvalue weighted by Gasteiger charge is 2.09. The van der Waals surface area contributed by atoms with E-state index in [4.69, 9.17) is 44.3 Å². The molecule has 0 radical (unpaired) electrons. The number of hydrogen-bond donors (Lipinski definition) is 1. The minimum absolute atomic E-state index is 0.259. The van der Waals surface area contributed by atoms with Gasteiger partial charge in [-0.05, 0) is 18.2 Å². The fraction of sp³-hybridized carbons (Fsp3) is 0.125. The van der Waals surface area contributed by atoms with E-state index < -0.39 is 5.91 Å². The molecule has 126 valence electrons. The van der Waals surface area contributed by atoms with E-state index in [1.165, 1.54) is 18.3 Å². The minimum atomic E-state index is -0.455. The van der Waals surface area contributed by atoms with Gasteiger partial charge in [-0.25, -0.2) is 5.43 Å². The van der Waals surface area contributed by atoms with Gasteiger partial charge >= 0.3 is 0 Å². The normalized spacial score (nSPS) is 10.7. The van der Waals surface area contributed by atoms with Crippen molar-refractivity contribution in [3.8, 4) is 11.5 Å². The number of nitrogens with one attached hydrogen (secondary N) is 1. The van der Waals surface area contributed by atoms with E-state index >= 15 is 0 Å². The molecule has 8 heteroatoms. The fourth-order valence-electron chi connectivity index (χ4n) is 1.74. The highest BCUT2D eigenvalue weighted by molar-refractivity contribution is 6.43. The van der Waals surface area contributed by atoms with E-state index in [1.54, 1.807) is 19.2 Å². The molecule has 0 aromatic heterocycles. The largest absolute Gasteiger partial charge is 0.496 e. The van der Waals surface area contributed by atoms with E-state index in [0.717, 1.165) is 5.56 Å². The van der Waals surface area contributed by atoms with Gasteiger partial charge in [-0.15, -0.1) is 0 Å². The topological polar surface area (TPSA) is 59.9 Å². The van der Waals surface area contributed by atoms with E-state index in [1.807, 2.05) is 12.1 Å². The number of hydrogen-bond acceptors (Lipinski definition) is 4. The van der Waals surface area contributed by atoms with Crippen LogP contribution in [-0.2, 0) is 4.79 Å². The first-order valence-corrected chi connectivity index (χ1v) is 7.87. The van der Waals surface area contributed by atoms with Gasteiger partial charge in [0.15, 0.2) is 6.61 Å². The number of ether oxygens (including phenoxy) is 2. The summed E-state index contributed by atoms with van der Waals surface area (Å²) in [5.41, 5.74) is 3.08. The lowest BCUT2D eigenvalue weighted by atomic mass is 10.2. The number of methoxy groups -OCH3 is 1. The average Bonchev–Trinajstić information content (AvgIpc) is 2.57. The predicted octanol–water partition coefficient (Wildman–Crippen LogP) is 4.18. The Morgan fingerprint density at radius 1 is 1.12 bits per heavy atom. The van der Waals surface area contributed by atoms with Crippen LogP contribution < -0.4 is 14.9 Å². The van der Waals surface area contributed by atoms with Crippen LogP contribution in [0, 0.1) is 0 Å². The quantitative estimate of drug-likeness (QED) is 0.459. The summed E-state index contributed by atoms with van der Waals surface area (Å²) in [4.78, 5) is 11.7. The highest BCUT2D eigenvalue weighted by Crippen LogP contribution is 2.33. The van der Waals surface area contributed by atoms with E-state index in [0.29, 0.717) is 10.8 Å². The van der Waals surface area contributed by atoms with Crippen molar-refractivity contribution < 1.29 is 14.3 Å². The summed E-state index contributed by atoms with van der Waals surface area (Å²) < 4.78 is 10.5. The summed E-state index contributed by atoms with van der Waals surface area (Å²) in [5, 5.41) is 4.70. The first-order valence-electron chi connectivity index (χ1n) is 6.73. The highest BCUT2D eigenvalue weighted by atomic mass is 35.5. The number of carbonyl (C=O) groups is 1. The third-order valence-corrected chi connectivity index (χ3v) is 3.88. The fourth-order valence-corrected chi connectivity index (χ4v) is 2.33. The minimum Gasteiger partial charge on any atom is -0.496 e. The maximum absolute atomic E-state index is 11.7. The third kappa shape index (κ3) is 5.03. The van der Waals surface area contributed by atoms with E-state index in [-0.39, 0.29) is 22.4 Å². The van der Waals surface area contributed by atoms with Crippen LogP contribution in [0.5, 0.6) is 11.5 Å². The maximum atomic E-state index is 11.7. The van der Waals surface area contributed by atoms with Crippen molar-refractivity contribution in [1.29, 1.82) is 0 Å². The summed E-state index contributed by atoms with van der Waals surface area (Å²) in [7, 11) is 1.56. The van der Waals surface area contributed by atoms with Crippen LogP contribution in [-0.4, -0.2) is 25.8 Å². The van der Waals surface area contributed by atoms with Crippen LogP contribution in [0.2, 0.25) is 15.1 Å². The third-order valence-electron chi connectivity index (χ3n) is 2.87. The Balaban J connectivity index is 1.90. The summed E-state index contributed by atoms with van der Waals surface area (Å²) in [6.45, 7) is -0.277. The SMILES string of the molecule is COc1ccccc1/C=N/NC(=O)COc1cc(Cl)c(Cl)cc1Cl. The summed E-state index contributed by atoms with van der Waals surface area (Å²) in [6, 6.07) is 10.2. The molecule has 0 fully saturated rings. The molecule has 1 N–H and O–H groups in total. The second-order valence-electron chi connectivity index (χ2n) is 4.52. The van der Waals surface area contributed by atoms with Gasteiger partial charge in [-0.2, -0.15) is 5.10 Å². The van der Waals surface area contributed by atoms with Crippen LogP contribution in [0.4, 0.5) is 0 Å². The molecule has 2 aromatic carbocycles. The summed E-state index contributed by atoms with van der Waals surface area (Å²) >= 11 is 17.7. The van der Waals surface area contributed by atoms with Crippen molar-refractivity contribution in [3.63, 3.8) is 0 Å². The van der Waals surface area contributed by atoms with Gasteiger partial charge in [0.2, 0.25) is 0 Å². The smallest absolute Gasteiger partial charge is 0.277 e. The number of amides is 1. The average molecular weight is 388 g/mol. The molecule has 0 bridgehead atoms. The monoisotopic (exact) mass is 386 g/mol. The van der Waals surface area contributed by atoms with Gasteiger partial charge in [-0.3, -0.25) is 4.79 Å². The molecule has 2 rings (SSSR count). The first-order chi connectivity index (χ1) is 11.5. The number of halogens is 3. The van der Waals surface area contributed by atoms with Gasteiger partial charge in [0.05, 0.1) is 28.4 Å². The molecule has 0 heterocycles. The molecule has 2 aromatic rings. The van der Waals surface area contributed by atoms with Gasteiger partial charge < -0.3 is 9.47 Å². The number of carbonyl (C=O) groups excluding carboxylic acids is 1. The molecule has 0 aliphatic heterocycles. The molecule has 0 unspecified atom stereocenters. The Morgan fingerprint density at radius 3 is 2.58 bits per heavy atom. The molecule has 1 amide bonds. The Morgan fingerprint density at radius 2 is 1.83 bits per heavy atom. The molecule has 0 aliphatic rings. The second kappa shape index (κ2) is 8.78. The molecule has 0 saturated heterocycles. The first kappa shape index (κ1) is 18.4. The van der Waals surface area contributed by atoms with Crippen LogP contribution in [0.3, 0.4) is 0 Å². The second-order valence-corrected chi connectivity index (χ2v) is 5.74. The molecule has 0 saturated carbocycles. The summed E-state index contributed by atoms with van der Waals surface area (Å²) in [5.74, 6) is 0.451. The zero-order chi connectivity index (χ0) is 17.5. The van der Waals surface area contributed by atoms with Gasteiger partial charge in [0.1, 0.15) is 11.5 Å². The van der Waals surface area contributed by atoms with Crippen molar-refractivity contribution in [3.05, 3.63) is 57.0 Å². The van der Waals surface area contributed by atoms with Gasteiger partial charge in [0.25, 0.3) is 5.91 Å². The lowest BCUT2D eigenvalue weighted by Gasteiger charge is -2.08. The number of rotatable bonds is 6. The van der Waals surface area contributed by atoms with Crippen LogP contribution in [0.15, 0.2) is 41.5 Å². The van der Waals surface area contributed by atoms with Crippen LogP contribution in [0.1, 0.15) is 5.56 Å². The van der Waals surface area contributed by atoms with E-state index in [9.17, 15) is 4.79 Å². The molecule has 0 aliphatic carbocycles. The van der Waals surface area contributed by atoms with Crippen molar-refractivity contribution in [1.82, 2.24) is 5.43 Å². The van der Waals surface area contributed by atoms with Crippen LogP contribution in [0.25, 0.3) is 0 Å². The standard InChI is InChI=1S/C16H13Cl3N2O3/c1-23-14-5-3-2-4-10(14)8-20-21-16(22)9-24-15-7-12(18)11(17)6-13(15)19/h2-8H,9H2,1H3,(H,21,22)/b20-8+. The van der Waals surface area contributed by atoms with Crippen molar-refractivity contribution in [2.24, 2.45) is 5.10 Å². The Labute approximate surface area is 154 Å². The molecule has 5 nitrogen and oxygen atoms in total. The number of benzene rings is 2. The Hall–Kier alpha value is -1.95. The zero-order valence-corrected chi connectivity index (χ0v) is 14.8. The number of nitrogens with zero attached hydrogens (tertiary/aromatic N) is 1. The van der Waals surface area contributed by atoms with Gasteiger partial charge in [-0.1, -0.05) is 46.9 Å². The number of hydrazone groups is 1. The van der Waals surface area contributed by atoms with Crippen molar-refractivity contribution in [2.75, 3.05) is 13.7 Å². The van der Waals surface area contributed by atoms with Gasteiger partial charge in [0, 0.05) is 11.6 Å². The molecular weight excluding hydrogens is 375 g/mol. The van der Waals surface area contributed by atoms with E-state index in [2.05, 4.69) is 10.5 Å².